The smallest absolute Gasteiger partial charge is 0.146 e. The molecule has 1 heterocycles. The Morgan fingerprint density at radius 2 is 2.11 bits per heavy atom. The summed E-state index contributed by atoms with van der Waals surface area (Å²) in [6, 6.07) is 6.30. The summed E-state index contributed by atoms with van der Waals surface area (Å²) in [4.78, 5) is 2.24. The molecule has 0 spiro atoms. The third-order valence-corrected chi connectivity index (χ3v) is 4.20. The van der Waals surface area contributed by atoms with E-state index in [1.165, 1.54) is 12.8 Å². The Hall–Kier alpha value is -1.09. The molecule has 98 valence electrons. The first kappa shape index (κ1) is 12.0. The number of piperazine rings is 1. The fraction of sp³-hybridized carbons (Fsp3) is 0.600. The van der Waals surface area contributed by atoms with Gasteiger partial charge in [-0.3, -0.25) is 0 Å². The highest BCUT2D eigenvalue weighted by Crippen LogP contribution is 2.35. The molecule has 2 aliphatic rings. The Labute approximate surface area is 108 Å². The minimum Gasteiger partial charge on any atom is -0.364 e. The van der Waals surface area contributed by atoms with E-state index < -0.39 is 0 Å². The SMILES string of the molecule is Cc1ccc(F)c(N2CC(C3CC3)NCC2C)c1. The molecule has 2 fully saturated rings. The first-order valence-corrected chi connectivity index (χ1v) is 6.91. The second-order valence-corrected chi connectivity index (χ2v) is 5.81. The van der Waals surface area contributed by atoms with E-state index in [1.54, 1.807) is 6.07 Å². The number of nitrogens with one attached hydrogen (secondary N) is 1. The number of nitrogens with zero attached hydrogens (tertiary/aromatic N) is 1. The van der Waals surface area contributed by atoms with Gasteiger partial charge in [-0.1, -0.05) is 6.07 Å². The first-order valence-electron chi connectivity index (χ1n) is 6.91. The molecule has 1 aliphatic carbocycles. The molecule has 1 aromatic rings. The van der Waals surface area contributed by atoms with Gasteiger partial charge in [-0.25, -0.2) is 4.39 Å². The van der Waals surface area contributed by atoms with Gasteiger partial charge in [0.25, 0.3) is 0 Å². The Kier molecular flexibility index (Phi) is 3.02. The molecule has 2 unspecified atom stereocenters. The summed E-state index contributed by atoms with van der Waals surface area (Å²) in [7, 11) is 0. The van der Waals surface area contributed by atoms with E-state index >= 15 is 0 Å². The molecule has 18 heavy (non-hydrogen) atoms. The van der Waals surface area contributed by atoms with Crippen molar-refractivity contribution < 1.29 is 4.39 Å². The van der Waals surface area contributed by atoms with Crippen molar-refractivity contribution in [2.75, 3.05) is 18.0 Å². The van der Waals surface area contributed by atoms with Crippen LogP contribution in [0, 0.1) is 18.7 Å². The Morgan fingerprint density at radius 1 is 1.33 bits per heavy atom. The number of hydrogen-bond acceptors (Lipinski definition) is 2. The minimum atomic E-state index is -0.0936. The van der Waals surface area contributed by atoms with Gasteiger partial charge in [-0.05, 0) is 50.3 Å². The zero-order valence-electron chi connectivity index (χ0n) is 11.1. The van der Waals surface area contributed by atoms with Crippen LogP contribution in [-0.2, 0) is 0 Å². The molecule has 3 heteroatoms. The Morgan fingerprint density at radius 3 is 2.83 bits per heavy atom. The molecular formula is C15H21FN2. The largest absolute Gasteiger partial charge is 0.364 e. The molecule has 1 saturated heterocycles. The van der Waals surface area contributed by atoms with Gasteiger partial charge in [0.2, 0.25) is 0 Å². The zero-order valence-corrected chi connectivity index (χ0v) is 11.1. The van der Waals surface area contributed by atoms with Crippen LogP contribution in [0.25, 0.3) is 0 Å². The summed E-state index contributed by atoms with van der Waals surface area (Å²) in [6.45, 7) is 6.08. The molecule has 2 atom stereocenters. The van der Waals surface area contributed by atoms with Gasteiger partial charge in [0, 0.05) is 25.2 Å². The molecular weight excluding hydrogens is 227 g/mol. The van der Waals surface area contributed by atoms with Gasteiger partial charge in [-0.2, -0.15) is 0 Å². The highest BCUT2D eigenvalue weighted by molar-refractivity contribution is 5.51. The number of rotatable bonds is 2. The van der Waals surface area contributed by atoms with Crippen LogP contribution < -0.4 is 10.2 Å². The second-order valence-electron chi connectivity index (χ2n) is 5.81. The fourth-order valence-corrected chi connectivity index (χ4v) is 2.88. The summed E-state index contributed by atoms with van der Waals surface area (Å²) in [5.41, 5.74) is 1.90. The topological polar surface area (TPSA) is 15.3 Å². The third kappa shape index (κ3) is 2.24. The zero-order chi connectivity index (χ0) is 12.7. The molecule has 1 saturated carbocycles. The van der Waals surface area contributed by atoms with Crippen LogP contribution in [0.2, 0.25) is 0 Å². The van der Waals surface area contributed by atoms with Gasteiger partial charge in [0.1, 0.15) is 5.82 Å². The van der Waals surface area contributed by atoms with Crippen molar-refractivity contribution in [1.82, 2.24) is 5.32 Å². The number of benzene rings is 1. The van der Waals surface area contributed by atoms with Gasteiger partial charge in [-0.15, -0.1) is 0 Å². The van der Waals surface area contributed by atoms with Crippen LogP contribution >= 0.6 is 0 Å². The highest BCUT2D eigenvalue weighted by atomic mass is 19.1. The molecule has 2 nitrogen and oxygen atoms in total. The highest BCUT2D eigenvalue weighted by Gasteiger charge is 2.36. The van der Waals surface area contributed by atoms with Crippen molar-refractivity contribution in [3.63, 3.8) is 0 Å². The van der Waals surface area contributed by atoms with Crippen LogP contribution in [0.1, 0.15) is 25.3 Å². The molecule has 0 bridgehead atoms. The van der Waals surface area contributed by atoms with E-state index in [0.717, 1.165) is 30.3 Å². The predicted octanol–water partition coefficient (Wildman–Crippen LogP) is 2.71. The molecule has 1 aromatic carbocycles. The average Bonchev–Trinajstić information content (AvgIpc) is 3.17. The normalized spacial score (nSPS) is 28.5. The molecule has 1 N–H and O–H groups in total. The van der Waals surface area contributed by atoms with Crippen molar-refractivity contribution >= 4 is 5.69 Å². The summed E-state index contributed by atoms with van der Waals surface area (Å²) in [6.07, 6.45) is 2.66. The quantitative estimate of drug-likeness (QED) is 0.865. The van der Waals surface area contributed by atoms with E-state index in [-0.39, 0.29) is 5.82 Å². The van der Waals surface area contributed by atoms with Gasteiger partial charge in [0.05, 0.1) is 5.69 Å². The monoisotopic (exact) mass is 248 g/mol. The lowest BCUT2D eigenvalue weighted by atomic mass is 10.0. The van der Waals surface area contributed by atoms with Crippen molar-refractivity contribution in [3.05, 3.63) is 29.6 Å². The van der Waals surface area contributed by atoms with Crippen LogP contribution in [0.15, 0.2) is 18.2 Å². The lowest BCUT2D eigenvalue weighted by Crippen LogP contribution is -2.56. The van der Waals surface area contributed by atoms with Crippen LogP contribution in [0.5, 0.6) is 0 Å². The van der Waals surface area contributed by atoms with E-state index in [4.69, 9.17) is 0 Å². The third-order valence-electron chi connectivity index (χ3n) is 4.20. The Balaban J connectivity index is 1.85. The number of aryl methyl sites for hydroxylation is 1. The van der Waals surface area contributed by atoms with Crippen molar-refractivity contribution in [3.8, 4) is 0 Å². The van der Waals surface area contributed by atoms with E-state index in [9.17, 15) is 4.39 Å². The standard InChI is InChI=1S/C15H21FN2/c1-10-3-6-13(16)15(7-10)18-9-14(12-4-5-12)17-8-11(18)2/h3,6-7,11-12,14,17H,4-5,8-9H2,1-2H3. The molecule has 3 rings (SSSR count). The fourth-order valence-electron chi connectivity index (χ4n) is 2.88. The average molecular weight is 248 g/mol. The minimum absolute atomic E-state index is 0.0936. The molecule has 0 aromatic heterocycles. The maximum Gasteiger partial charge on any atom is 0.146 e. The van der Waals surface area contributed by atoms with E-state index in [0.29, 0.717) is 12.1 Å². The van der Waals surface area contributed by atoms with Gasteiger partial charge >= 0.3 is 0 Å². The van der Waals surface area contributed by atoms with Crippen LogP contribution in [0.3, 0.4) is 0 Å². The Bertz CT molecular complexity index is 442. The van der Waals surface area contributed by atoms with Crippen LogP contribution in [0.4, 0.5) is 10.1 Å². The lowest BCUT2D eigenvalue weighted by molar-refractivity contribution is 0.373. The van der Waals surface area contributed by atoms with Gasteiger partial charge < -0.3 is 10.2 Å². The molecule has 1 aliphatic heterocycles. The van der Waals surface area contributed by atoms with Crippen molar-refractivity contribution in [2.24, 2.45) is 5.92 Å². The second kappa shape index (κ2) is 4.54. The summed E-state index contributed by atoms with van der Waals surface area (Å²) in [5, 5.41) is 3.60. The molecule has 0 radical (unpaired) electrons. The summed E-state index contributed by atoms with van der Waals surface area (Å²) >= 11 is 0. The maximum atomic E-state index is 14.0. The number of hydrogen-bond donors (Lipinski definition) is 1. The van der Waals surface area contributed by atoms with Crippen LogP contribution in [-0.4, -0.2) is 25.2 Å². The predicted molar refractivity (Wildman–Crippen MR) is 72.5 cm³/mol. The number of halogens is 1. The summed E-state index contributed by atoms with van der Waals surface area (Å²) in [5.74, 6) is 0.719. The first-order chi connectivity index (χ1) is 8.65. The summed E-state index contributed by atoms with van der Waals surface area (Å²) < 4.78 is 14.0. The van der Waals surface area contributed by atoms with E-state index in [2.05, 4.69) is 17.1 Å². The lowest BCUT2D eigenvalue weighted by Gasteiger charge is -2.40. The number of anilines is 1. The van der Waals surface area contributed by atoms with Gasteiger partial charge in [0.15, 0.2) is 0 Å². The molecule has 0 amide bonds. The van der Waals surface area contributed by atoms with Crippen molar-refractivity contribution in [1.29, 1.82) is 0 Å². The maximum absolute atomic E-state index is 14.0. The van der Waals surface area contributed by atoms with E-state index in [1.807, 2.05) is 19.1 Å². The van der Waals surface area contributed by atoms with Crippen molar-refractivity contribution in [2.45, 2.75) is 38.8 Å².